The molecule has 0 radical (unpaired) electrons. The van der Waals surface area contributed by atoms with Crippen LogP contribution in [0, 0.1) is 0 Å². The summed E-state index contributed by atoms with van der Waals surface area (Å²) in [5.74, 6) is -1.02. The summed E-state index contributed by atoms with van der Waals surface area (Å²) in [6.07, 6.45) is 0. The Morgan fingerprint density at radius 1 is 1.80 bits per heavy atom. The number of amidine groups is 1. The number of carboxylic acids is 1. The fourth-order valence-electron chi connectivity index (χ4n) is 0.420. The molecule has 0 aliphatic heterocycles. The van der Waals surface area contributed by atoms with Crippen LogP contribution in [0.2, 0.25) is 0 Å². The highest BCUT2D eigenvalue weighted by atomic mass is 16.4. The first-order chi connectivity index (χ1) is 4.57. The first-order valence-corrected chi connectivity index (χ1v) is 2.71. The molecule has 1 atom stereocenters. The summed E-state index contributed by atoms with van der Waals surface area (Å²) in [6, 6.07) is -1.12. The molecule has 0 aliphatic carbocycles. The van der Waals surface area contributed by atoms with E-state index in [4.69, 9.17) is 15.9 Å². The molecule has 1 unspecified atom stereocenters. The molecule has 0 amide bonds. The predicted molar refractivity (Wildman–Crippen MR) is 35.8 cm³/mol. The highest BCUT2D eigenvalue weighted by molar-refractivity contribution is 5.82. The number of hydrogen-bond donors (Lipinski definition) is 3. The highest BCUT2D eigenvalue weighted by Crippen LogP contribution is 1.88. The van der Waals surface area contributed by atoms with Crippen molar-refractivity contribution >= 4 is 11.8 Å². The number of nitrogens with two attached hydrogens (primary N) is 1. The largest absolute Gasteiger partial charge is 0.480 e. The van der Waals surface area contributed by atoms with Crippen molar-refractivity contribution in [2.75, 3.05) is 6.61 Å². The van der Waals surface area contributed by atoms with E-state index in [1.165, 1.54) is 6.92 Å². The van der Waals surface area contributed by atoms with Gasteiger partial charge < -0.3 is 15.9 Å². The van der Waals surface area contributed by atoms with Gasteiger partial charge in [-0.1, -0.05) is 0 Å². The third-order valence-corrected chi connectivity index (χ3v) is 0.817. The van der Waals surface area contributed by atoms with Gasteiger partial charge in [0.05, 0.1) is 12.4 Å². The van der Waals surface area contributed by atoms with Gasteiger partial charge >= 0.3 is 5.97 Å². The predicted octanol–water partition coefficient (Wildman–Crippen LogP) is -1.19. The minimum atomic E-state index is -1.17. The fraction of sp³-hybridized carbons (Fsp3) is 0.600. The molecular formula is C5H10N2O3. The Morgan fingerprint density at radius 2 is 2.30 bits per heavy atom. The normalized spacial score (nSPS) is 14.8. The van der Waals surface area contributed by atoms with E-state index in [1.54, 1.807) is 0 Å². The quantitative estimate of drug-likeness (QED) is 0.344. The van der Waals surface area contributed by atoms with Gasteiger partial charge in [0.15, 0.2) is 6.04 Å². The molecule has 0 saturated heterocycles. The summed E-state index contributed by atoms with van der Waals surface area (Å²) in [6.45, 7) is 0.940. The van der Waals surface area contributed by atoms with Crippen molar-refractivity contribution in [2.24, 2.45) is 10.7 Å². The van der Waals surface area contributed by atoms with E-state index < -0.39 is 18.6 Å². The van der Waals surface area contributed by atoms with E-state index in [0.717, 1.165) is 0 Å². The third-order valence-electron chi connectivity index (χ3n) is 0.817. The molecule has 0 rings (SSSR count). The van der Waals surface area contributed by atoms with Crippen molar-refractivity contribution in [1.29, 1.82) is 0 Å². The van der Waals surface area contributed by atoms with Gasteiger partial charge in [-0.3, -0.25) is 4.99 Å². The smallest absolute Gasteiger partial charge is 0.330 e. The number of rotatable bonds is 3. The number of nitrogens with zero attached hydrogens (tertiary/aromatic N) is 1. The first-order valence-electron chi connectivity index (χ1n) is 2.71. The molecule has 10 heavy (non-hydrogen) atoms. The molecule has 0 fully saturated rings. The van der Waals surface area contributed by atoms with Gasteiger partial charge in [0, 0.05) is 0 Å². The lowest BCUT2D eigenvalue weighted by atomic mass is 10.3. The number of hydrogen-bond acceptors (Lipinski definition) is 3. The molecule has 0 aromatic rings. The minimum absolute atomic E-state index is 0.154. The Labute approximate surface area is 58.2 Å². The summed E-state index contributed by atoms with van der Waals surface area (Å²) in [7, 11) is 0. The first kappa shape index (κ1) is 8.90. The maximum atomic E-state index is 10.1. The molecule has 0 heterocycles. The average molecular weight is 146 g/mol. The maximum absolute atomic E-state index is 10.1. The lowest BCUT2D eigenvalue weighted by Gasteiger charge is -2.01. The van der Waals surface area contributed by atoms with E-state index in [1.807, 2.05) is 0 Å². The second-order valence-corrected chi connectivity index (χ2v) is 1.81. The third kappa shape index (κ3) is 3.03. The Hall–Kier alpha value is -1.10. The van der Waals surface area contributed by atoms with Crippen molar-refractivity contribution in [1.82, 2.24) is 0 Å². The van der Waals surface area contributed by atoms with Crippen molar-refractivity contribution in [3.8, 4) is 0 Å². The Balaban J connectivity index is 4.09. The zero-order chi connectivity index (χ0) is 8.15. The van der Waals surface area contributed by atoms with Crippen LogP contribution < -0.4 is 5.73 Å². The van der Waals surface area contributed by atoms with Gasteiger partial charge in [0.2, 0.25) is 0 Å². The van der Waals surface area contributed by atoms with Gasteiger partial charge in [0.1, 0.15) is 0 Å². The average Bonchev–Trinajstić information content (AvgIpc) is 1.81. The maximum Gasteiger partial charge on any atom is 0.330 e. The zero-order valence-corrected chi connectivity index (χ0v) is 5.61. The molecule has 4 N–H and O–H groups in total. The van der Waals surface area contributed by atoms with Gasteiger partial charge in [0.25, 0.3) is 0 Å². The molecule has 0 aromatic heterocycles. The fourth-order valence-corrected chi connectivity index (χ4v) is 0.420. The Morgan fingerprint density at radius 3 is 2.40 bits per heavy atom. The highest BCUT2D eigenvalue weighted by Gasteiger charge is 2.13. The number of aliphatic hydroxyl groups is 1. The number of carboxylic acid groups (broad SMARTS) is 1. The number of aliphatic carboxylic acids is 1. The van der Waals surface area contributed by atoms with E-state index in [9.17, 15) is 4.79 Å². The van der Waals surface area contributed by atoms with Crippen molar-refractivity contribution in [2.45, 2.75) is 13.0 Å². The van der Waals surface area contributed by atoms with Crippen molar-refractivity contribution in [3.05, 3.63) is 0 Å². The van der Waals surface area contributed by atoms with Crippen LogP contribution in [0.15, 0.2) is 4.99 Å². The Bertz CT molecular complexity index is 151. The summed E-state index contributed by atoms with van der Waals surface area (Å²) >= 11 is 0. The van der Waals surface area contributed by atoms with Gasteiger partial charge in [-0.2, -0.15) is 0 Å². The molecule has 0 aliphatic rings. The molecule has 5 nitrogen and oxygen atoms in total. The molecule has 0 spiro atoms. The zero-order valence-electron chi connectivity index (χ0n) is 5.61. The monoisotopic (exact) mass is 146 g/mol. The van der Waals surface area contributed by atoms with Crippen LogP contribution in [0.25, 0.3) is 0 Å². The molecule has 0 saturated carbocycles. The molecule has 0 bridgehead atoms. The van der Waals surface area contributed by atoms with Crippen LogP contribution in [-0.4, -0.2) is 34.7 Å². The van der Waals surface area contributed by atoms with Crippen LogP contribution in [0.1, 0.15) is 6.92 Å². The summed E-state index contributed by atoms with van der Waals surface area (Å²) < 4.78 is 0. The SMILES string of the molecule is CC(N)=NC(CO)C(=O)O. The molecule has 5 heteroatoms. The molecule has 58 valence electrons. The lowest BCUT2D eigenvalue weighted by molar-refractivity contribution is -0.139. The van der Waals surface area contributed by atoms with Crippen molar-refractivity contribution in [3.63, 3.8) is 0 Å². The van der Waals surface area contributed by atoms with Crippen LogP contribution in [0.4, 0.5) is 0 Å². The number of aliphatic hydroxyl groups excluding tert-OH is 1. The summed E-state index contributed by atoms with van der Waals surface area (Å²) in [5.41, 5.74) is 5.08. The molecule has 0 aromatic carbocycles. The van der Waals surface area contributed by atoms with Crippen LogP contribution in [-0.2, 0) is 4.79 Å². The Kier molecular flexibility index (Phi) is 3.42. The second-order valence-electron chi connectivity index (χ2n) is 1.81. The topological polar surface area (TPSA) is 95.9 Å². The summed E-state index contributed by atoms with van der Waals surface area (Å²) in [5, 5.41) is 16.7. The van der Waals surface area contributed by atoms with Crippen LogP contribution in [0.5, 0.6) is 0 Å². The summed E-state index contributed by atoms with van der Waals surface area (Å²) in [4.78, 5) is 13.6. The van der Waals surface area contributed by atoms with E-state index in [2.05, 4.69) is 4.99 Å². The second kappa shape index (κ2) is 3.84. The van der Waals surface area contributed by atoms with Crippen LogP contribution in [0.3, 0.4) is 0 Å². The minimum Gasteiger partial charge on any atom is -0.480 e. The lowest BCUT2D eigenvalue weighted by Crippen LogP contribution is -2.25. The van der Waals surface area contributed by atoms with E-state index >= 15 is 0 Å². The van der Waals surface area contributed by atoms with Crippen LogP contribution >= 0.6 is 0 Å². The van der Waals surface area contributed by atoms with E-state index in [-0.39, 0.29) is 5.84 Å². The standard InChI is InChI=1S/C5H10N2O3/c1-3(6)7-4(2-8)5(9)10/h4,8H,2H2,1H3,(H2,6,7)(H,9,10). The number of carbonyl (C=O) groups is 1. The van der Waals surface area contributed by atoms with E-state index in [0.29, 0.717) is 0 Å². The number of aliphatic imine (C=N–C) groups is 1. The van der Waals surface area contributed by atoms with Gasteiger partial charge in [-0.25, -0.2) is 4.79 Å². The molecular weight excluding hydrogens is 136 g/mol. The van der Waals surface area contributed by atoms with Crippen molar-refractivity contribution < 1.29 is 15.0 Å². The van der Waals surface area contributed by atoms with Gasteiger partial charge in [-0.05, 0) is 6.92 Å². The van der Waals surface area contributed by atoms with Gasteiger partial charge in [-0.15, -0.1) is 0 Å².